The van der Waals surface area contributed by atoms with Gasteiger partial charge in [0.1, 0.15) is 5.75 Å². The van der Waals surface area contributed by atoms with Crippen LogP contribution in [0.15, 0.2) is 53.2 Å². The Hall–Kier alpha value is -2.30. The summed E-state index contributed by atoms with van der Waals surface area (Å²) in [5.74, 6) is 0.292. The molecule has 0 amide bonds. The molecule has 0 radical (unpaired) electrons. The van der Waals surface area contributed by atoms with E-state index in [-0.39, 0.29) is 11.6 Å². The quantitative estimate of drug-likeness (QED) is 0.612. The van der Waals surface area contributed by atoms with Crippen LogP contribution in [0.3, 0.4) is 0 Å². The summed E-state index contributed by atoms with van der Waals surface area (Å²) in [5.41, 5.74) is 1.49. The van der Waals surface area contributed by atoms with Gasteiger partial charge in [-0.1, -0.05) is 23.2 Å². The van der Waals surface area contributed by atoms with Gasteiger partial charge in [-0.15, -0.1) is 0 Å². The second kappa shape index (κ2) is 6.44. The number of hydrogen-bond donors (Lipinski definition) is 0. The molecule has 0 atom stereocenters. The number of nitrogens with zero attached hydrogens (tertiary/aromatic N) is 1. The van der Waals surface area contributed by atoms with Gasteiger partial charge >= 0.3 is 5.97 Å². The van der Waals surface area contributed by atoms with Gasteiger partial charge < -0.3 is 9.47 Å². The lowest BCUT2D eigenvalue weighted by Gasteiger charge is -2.04. The molecule has 0 aromatic heterocycles. The Morgan fingerprint density at radius 2 is 1.78 bits per heavy atom. The van der Waals surface area contributed by atoms with E-state index in [4.69, 9.17) is 32.7 Å². The maximum atomic E-state index is 12.0. The minimum Gasteiger partial charge on any atom is -0.496 e. The number of ether oxygens (including phenoxy) is 2. The highest BCUT2D eigenvalue weighted by molar-refractivity contribution is 6.31. The van der Waals surface area contributed by atoms with E-state index >= 15 is 0 Å². The van der Waals surface area contributed by atoms with Crippen LogP contribution in [0.1, 0.15) is 11.1 Å². The number of carbonyl (C=O) groups excluding carboxylic acids is 1. The van der Waals surface area contributed by atoms with Crippen LogP contribution < -0.4 is 4.74 Å². The zero-order valence-corrected chi connectivity index (χ0v) is 13.6. The van der Waals surface area contributed by atoms with Crippen LogP contribution in [0.25, 0.3) is 6.08 Å². The predicted molar refractivity (Wildman–Crippen MR) is 90.1 cm³/mol. The van der Waals surface area contributed by atoms with Gasteiger partial charge in [-0.2, -0.15) is 0 Å². The molecule has 1 aliphatic rings. The summed E-state index contributed by atoms with van der Waals surface area (Å²) in [6.45, 7) is 0. The molecule has 0 spiro atoms. The fourth-order valence-corrected chi connectivity index (χ4v) is 2.40. The molecule has 1 aliphatic heterocycles. The van der Waals surface area contributed by atoms with E-state index in [1.165, 1.54) is 0 Å². The van der Waals surface area contributed by atoms with Gasteiger partial charge in [-0.05, 0) is 48.5 Å². The normalized spacial score (nSPS) is 15.5. The van der Waals surface area contributed by atoms with Crippen molar-refractivity contribution < 1.29 is 14.3 Å². The van der Waals surface area contributed by atoms with Crippen molar-refractivity contribution in [2.45, 2.75) is 0 Å². The van der Waals surface area contributed by atoms with Crippen molar-refractivity contribution in [1.82, 2.24) is 0 Å². The summed E-state index contributed by atoms with van der Waals surface area (Å²) in [4.78, 5) is 16.2. The van der Waals surface area contributed by atoms with Crippen molar-refractivity contribution in [3.8, 4) is 5.75 Å². The monoisotopic (exact) mass is 347 g/mol. The lowest BCUT2D eigenvalue weighted by atomic mass is 10.1. The molecule has 0 N–H and O–H groups in total. The van der Waals surface area contributed by atoms with E-state index in [1.807, 2.05) is 0 Å². The highest BCUT2D eigenvalue weighted by Crippen LogP contribution is 2.27. The minimum absolute atomic E-state index is 0.176. The molecule has 0 aliphatic carbocycles. The SMILES string of the molecule is COc1ccc(Cl)cc1/C=C1/N=C(c2ccc(Cl)cc2)OC1=O. The van der Waals surface area contributed by atoms with Crippen molar-refractivity contribution in [1.29, 1.82) is 0 Å². The van der Waals surface area contributed by atoms with Crippen molar-refractivity contribution in [3.05, 3.63) is 69.3 Å². The Morgan fingerprint density at radius 3 is 2.48 bits per heavy atom. The molecule has 0 fully saturated rings. The van der Waals surface area contributed by atoms with E-state index in [0.717, 1.165) is 0 Å². The Balaban J connectivity index is 1.98. The van der Waals surface area contributed by atoms with Gasteiger partial charge in [0.15, 0.2) is 5.70 Å². The lowest BCUT2D eigenvalue weighted by Crippen LogP contribution is -2.05. The molecule has 1 heterocycles. The topological polar surface area (TPSA) is 47.9 Å². The smallest absolute Gasteiger partial charge is 0.363 e. The summed E-state index contributed by atoms with van der Waals surface area (Å²) in [5, 5.41) is 1.13. The average Bonchev–Trinajstić information content (AvgIpc) is 2.89. The van der Waals surface area contributed by atoms with E-state index in [1.54, 1.807) is 55.7 Å². The lowest BCUT2D eigenvalue weighted by molar-refractivity contribution is -0.129. The fourth-order valence-electron chi connectivity index (χ4n) is 2.09. The molecule has 2 aromatic rings. The van der Waals surface area contributed by atoms with Crippen molar-refractivity contribution >= 4 is 41.1 Å². The Morgan fingerprint density at radius 1 is 1.09 bits per heavy atom. The molecule has 4 nitrogen and oxygen atoms in total. The number of carbonyl (C=O) groups is 1. The van der Waals surface area contributed by atoms with Crippen LogP contribution in [-0.4, -0.2) is 19.0 Å². The first kappa shape index (κ1) is 15.6. The first-order chi connectivity index (χ1) is 11.1. The van der Waals surface area contributed by atoms with Crippen molar-refractivity contribution in [3.63, 3.8) is 0 Å². The van der Waals surface area contributed by atoms with Crippen LogP contribution in [0, 0.1) is 0 Å². The zero-order valence-electron chi connectivity index (χ0n) is 12.0. The highest BCUT2D eigenvalue weighted by Gasteiger charge is 2.24. The maximum Gasteiger partial charge on any atom is 0.363 e. The molecule has 3 rings (SSSR count). The van der Waals surface area contributed by atoms with E-state index in [9.17, 15) is 4.79 Å². The largest absolute Gasteiger partial charge is 0.496 e. The Bertz CT molecular complexity index is 826. The first-order valence-electron chi connectivity index (χ1n) is 6.69. The van der Waals surface area contributed by atoms with Gasteiger partial charge in [-0.3, -0.25) is 0 Å². The number of halogens is 2. The molecule has 2 aromatic carbocycles. The Kier molecular flexibility index (Phi) is 4.37. The number of methoxy groups -OCH3 is 1. The second-order valence-corrected chi connectivity index (χ2v) is 5.60. The Labute approximate surface area is 143 Å². The standard InChI is InChI=1S/C17H11Cl2NO3/c1-22-15-7-6-13(19)8-11(15)9-14-17(21)23-16(20-14)10-2-4-12(18)5-3-10/h2-9H,1H3/b14-9+. The van der Waals surface area contributed by atoms with Crippen LogP contribution in [0.4, 0.5) is 0 Å². The molecule has 0 unspecified atom stereocenters. The summed E-state index contributed by atoms with van der Waals surface area (Å²) < 4.78 is 10.5. The van der Waals surface area contributed by atoms with E-state index in [2.05, 4.69) is 4.99 Å². The summed E-state index contributed by atoms with van der Waals surface area (Å²) in [6.07, 6.45) is 1.58. The number of aliphatic imine (C=N–C) groups is 1. The third-order valence-electron chi connectivity index (χ3n) is 3.20. The third kappa shape index (κ3) is 3.38. The highest BCUT2D eigenvalue weighted by atomic mass is 35.5. The van der Waals surface area contributed by atoms with Gasteiger partial charge in [-0.25, -0.2) is 9.79 Å². The fraction of sp³-hybridized carbons (Fsp3) is 0.0588. The van der Waals surface area contributed by atoms with Crippen molar-refractivity contribution in [2.75, 3.05) is 7.11 Å². The van der Waals surface area contributed by atoms with Crippen LogP contribution in [-0.2, 0) is 9.53 Å². The van der Waals surface area contributed by atoms with Crippen LogP contribution >= 0.6 is 23.2 Å². The average molecular weight is 348 g/mol. The number of rotatable bonds is 3. The molecule has 116 valence electrons. The molecule has 6 heteroatoms. The predicted octanol–water partition coefficient (Wildman–Crippen LogP) is 4.35. The number of benzene rings is 2. The molecule has 0 saturated heterocycles. The summed E-state index contributed by atoms with van der Waals surface area (Å²) in [6, 6.07) is 12.0. The van der Waals surface area contributed by atoms with Gasteiger partial charge in [0.05, 0.1) is 7.11 Å². The van der Waals surface area contributed by atoms with E-state index in [0.29, 0.717) is 26.9 Å². The van der Waals surface area contributed by atoms with Gasteiger partial charge in [0.2, 0.25) is 5.90 Å². The zero-order chi connectivity index (χ0) is 16.4. The van der Waals surface area contributed by atoms with E-state index < -0.39 is 5.97 Å². The maximum absolute atomic E-state index is 12.0. The van der Waals surface area contributed by atoms with Crippen molar-refractivity contribution in [2.24, 2.45) is 4.99 Å². The second-order valence-electron chi connectivity index (χ2n) is 4.73. The first-order valence-corrected chi connectivity index (χ1v) is 7.44. The number of cyclic esters (lactones) is 1. The number of hydrogen-bond acceptors (Lipinski definition) is 4. The van der Waals surface area contributed by atoms with Gasteiger partial charge in [0.25, 0.3) is 0 Å². The summed E-state index contributed by atoms with van der Waals surface area (Å²) in [7, 11) is 1.54. The third-order valence-corrected chi connectivity index (χ3v) is 3.68. The summed E-state index contributed by atoms with van der Waals surface area (Å²) >= 11 is 11.8. The van der Waals surface area contributed by atoms with Crippen LogP contribution in [0.2, 0.25) is 10.0 Å². The van der Waals surface area contributed by atoms with Gasteiger partial charge in [0, 0.05) is 21.2 Å². The molecule has 23 heavy (non-hydrogen) atoms. The molecular formula is C17H11Cl2NO3. The minimum atomic E-state index is -0.531. The molecule has 0 bridgehead atoms. The molecule has 0 saturated carbocycles. The number of esters is 1. The van der Waals surface area contributed by atoms with Crippen LogP contribution in [0.5, 0.6) is 5.75 Å². The molecular weight excluding hydrogens is 337 g/mol.